The third kappa shape index (κ3) is 6.57. The van der Waals surface area contributed by atoms with Crippen LogP contribution in [0.2, 0.25) is 0 Å². The van der Waals surface area contributed by atoms with E-state index < -0.39 is 18.4 Å². The fraction of sp³-hybridized carbons (Fsp3) is 0.429. The van der Waals surface area contributed by atoms with Crippen molar-refractivity contribution in [3.63, 3.8) is 0 Å². The van der Waals surface area contributed by atoms with Gasteiger partial charge in [0.25, 0.3) is 0 Å². The summed E-state index contributed by atoms with van der Waals surface area (Å²) in [4.78, 5) is 20.4. The van der Waals surface area contributed by atoms with Gasteiger partial charge < -0.3 is 9.84 Å². The molecule has 0 aromatic heterocycles. The molecule has 0 aliphatic rings. The van der Waals surface area contributed by atoms with Gasteiger partial charge in [0.2, 0.25) is 0 Å². The number of carbonyl (C=O) groups is 2. The van der Waals surface area contributed by atoms with Crippen LogP contribution in [0, 0.1) is 0 Å². The fourth-order valence-electron chi connectivity index (χ4n) is 0.385. The Labute approximate surface area is 64.5 Å². The van der Waals surface area contributed by atoms with Crippen molar-refractivity contribution in [1.29, 1.82) is 0 Å². The van der Waals surface area contributed by atoms with Crippen molar-refractivity contribution in [3.8, 4) is 0 Å². The number of esters is 1. The second-order valence-corrected chi connectivity index (χ2v) is 1.84. The number of rotatable bonds is 4. The number of carboxylic acids is 1. The Hall–Kier alpha value is -1.32. The molecule has 0 bridgehead atoms. The van der Waals surface area contributed by atoms with Crippen molar-refractivity contribution in [3.05, 3.63) is 12.3 Å². The predicted molar refractivity (Wildman–Crippen MR) is 37.8 cm³/mol. The van der Waals surface area contributed by atoms with Crippen LogP contribution < -0.4 is 0 Å². The Kier molecular flexibility index (Phi) is 4.81. The quantitative estimate of drug-likeness (QED) is 0.375. The molecule has 0 unspecified atom stereocenters. The van der Waals surface area contributed by atoms with Crippen LogP contribution in [0.3, 0.4) is 0 Å². The van der Waals surface area contributed by atoms with Crippen LogP contribution in [-0.2, 0) is 14.3 Å². The number of carbonyl (C=O) groups excluding carboxylic acids is 1. The standard InChI is InChI=1S/C7H10O4/c1-2-3-4-11-7(10)5-6(8)9/h3-4H,2,5H2,1H3,(H,8,9). The lowest BCUT2D eigenvalue weighted by molar-refractivity contribution is -0.147. The van der Waals surface area contributed by atoms with Gasteiger partial charge in [-0.2, -0.15) is 0 Å². The van der Waals surface area contributed by atoms with Crippen molar-refractivity contribution in [2.45, 2.75) is 19.8 Å². The topological polar surface area (TPSA) is 63.6 Å². The summed E-state index contributed by atoms with van der Waals surface area (Å²) in [5, 5.41) is 8.12. The van der Waals surface area contributed by atoms with E-state index in [1.54, 1.807) is 6.08 Å². The van der Waals surface area contributed by atoms with Gasteiger partial charge in [0.1, 0.15) is 6.42 Å². The van der Waals surface area contributed by atoms with Crippen LogP contribution in [-0.4, -0.2) is 17.0 Å². The van der Waals surface area contributed by atoms with E-state index in [0.29, 0.717) is 0 Å². The smallest absolute Gasteiger partial charge is 0.321 e. The number of hydrogen-bond donors (Lipinski definition) is 1. The van der Waals surface area contributed by atoms with E-state index in [1.807, 2.05) is 6.92 Å². The van der Waals surface area contributed by atoms with Crippen molar-refractivity contribution in [2.75, 3.05) is 0 Å². The van der Waals surface area contributed by atoms with Gasteiger partial charge >= 0.3 is 11.9 Å². The predicted octanol–water partition coefficient (Wildman–Crippen LogP) is 0.928. The molecule has 62 valence electrons. The van der Waals surface area contributed by atoms with E-state index in [4.69, 9.17) is 5.11 Å². The average Bonchev–Trinajstić information content (AvgIpc) is 1.86. The Morgan fingerprint density at radius 2 is 2.18 bits per heavy atom. The van der Waals surface area contributed by atoms with Gasteiger partial charge in [0.15, 0.2) is 0 Å². The van der Waals surface area contributed by atoms with Crippen LogP contribution in [0.25, 0.3) is 0 Å². The van der Waals surface area contributed by atoms with Gasteiger partial charge in [0, 0.05) is 0 Å². The maximum absolute atomic E-state index is 10.5. The van der Waals surface area contributed by atoms with E-state index in [0.717, 1.165) is 6.42 Å². The van der Waals surface area contributed by atoms with Crippen molar-refractivity contribution >= 4 is 11.9 Å². The third-order valence-corrected chi connectivity index (χ3v) is 0.827. The summed E-state index contributed by atoms with van der Waals surface area (Å²) in [6, 6.07) is 0. The normalized spacial score (nSPS) is 9.91. The number of carboxylic acid groups (broad SMARTS) is 1. The zero-order valence-corrected chi connectivity index (χ0v) is 6.24. The lowest BCUT2D eigenvalue weighted by Gasteiger charge is -1.93. The van der Waals surface area contributed by atoms with E-state index >= 15 is 0 Å². The Bertz CT molecular complexity index is 171. The Morgan fingerprint density at radius 1 is 1.55 bits per heavy atom. The van der Waals surface area contributed by atoms with Gasteiger partial charge in [-0.1, -0.05) is 6.92 Å². The number of hydrogen-bond acceptors (Lipinski definition) is 3. The van der Waals surface area contributed by atoms with E-state index in [-0.39, 0.29) is 0 Å². The first-order chi connectivity index (χ1) is 5.16. The highest BCUT2D eigenvalue weighted by molar-refractivity contribution is 5.90. The molecule has 0 rings (SSSR count). The monoisotopic (exact) mass is 158 g/mol. The SMILES string of the molecule is CCC=COC(=O)CC(=O)O. The van der Waals surface area contributed by atoms with Gasteiger partial charge in [0.05, 0.1) is 6.26 Å². The van der Waals surface area contributed by atoms with Crippen LogP contribution >= 0.6 is 0 Å². The summed E-state index contributed by atoms with van der Waals surface area (Å²) in [7, 11) is 0. The Morgan fingerprint density at radius 3 is 2.64 bits per heavy atom. The summed E-state index contributed by atoms with van der Waals surface area (Å²) in [5.74, 6) is -1.93. The minimum Gasteiger partial charge on any atom is -0.481 e. The zero-order chi connectivity index (χ0) is 8.69. The second-order valence-electron chi connectivity index (χ2n) is 1.84. The molecule has 0 spiro atoms. The highest BCUT2D eigenvalue weighted by atomic mass is 16.5. The maximum Gasteiger partial charge on any atom is 0.321 e. The minimum atomic E-state index is -1.18. The molecule has 0 aromatic rings. The molecule has 0 heterocycles. The molecule has 0 saturated heterocycles. The molecule has 0 saturated carbocycles. The molecule has 11 heavy (non-hydrogen) atoms. The number of allylic oxidation sites excluding steroid dienone is 1. The lowest BCUT2D eigenvalue weighted by Crippen LogP contribution is -2.07. The molecule has 0 aliphatic carbocycles. The van der Waals surface area contributed by atoms with Crippen LogP contribution in [0.5, 0.6) is 0 Å². The van der Waals surface area contributed by atoms with Crippen LogP contribution in [0.4, 0.5) is 0 Å². The van der Waals surface area contributed by atoms with Crippen molar-refractivity contribution in [2.24, 2.45) is 0 Å². The third-order valence-electron chi connectivity index (χ3n) is 0.827. The summed E-state index contributed by atoms with van der Waals surface area (Å²) >= 11 is 0. The first-order valence-corrected chi connectivity index (χ1v) is 3.23. The van der Waals surface area contributed by atoms with Gasteiger partial charge in [-0.15, -0.1) is 0 Å². The molecular weight excluding hydrogens is 148 g/mol. The first kappa shape index (κ1) is 9.68. The number of ether oxygens (including phenoxy) is 1. The van der Waals surface area contributed by atoms with Crippen LogP contribution in [0.1, 0.15) is 19.8 Å². The number of aliphatic carboxylic acids is 1. The van der Waals surface area contributed by atoms with Gasteiger partial charge in [-0.05, 0) is 12.5 Å². The summed E-state index contributed by atoms with van der Waals surface area (Å²) in [5.41, 5.74) is 0. The molecule has 0 aliphatic heterocycles. The van der Waals surface area contributed by atoms with Crippen molar-refractivity contribution in [1.82, 2.24) is 0 Å². The summed E-state index contributed by atoms with van der Waals surface area (Å²) < 4.78 is 4.39. The van der Waals surface area contributed by atoms with Gasteiger partial charge in [-0.3, -0.25) is 9.59 Å². The van der Waals surface area contributed by atoms with Crippen molar-refractivity contribution < 1.29 is 19.4 Å². The molecule has 0 fully saturated rings. The molecule has 0 amide bonds. The lowest BCUT2D eigenvalue weighted by atomic mass is 10.4. The maximum atomic E-state index is 10.5. The fourth-order valence-corrected chi connectivity index (χ4v) is 0.385. The van der Waals surface area contributed by atoms with E-state index in [2.05, 4.69) is 4.74 Å². The average molecular weight is 158 g/mol. The first-order valence-electron chi connectivity index (χ1n) is 3.23. The van der Waals surface area contributed by atoms with Crippen LogP contribution in [0.15, 0.2) is 12.3 Å². The summed E-state index contributed by atoms with van der Waals surface area (Å²) in [6.45, 7) is 1.88. The highest BCUT2D eigenvalue weighted by Crippen LogP contribution is 1.88. The molecule has 4 nitrogen and oxygen atoms in total. The summed E-state index contributed by atoms with van der Waals surface area (Å²) in [6.07, 6.45) is 2.99. The largest absolute Gasteiger partial charge is 0.481 e. The second kappa shape index (κ2) is 5.46. The molecule has 0 radical (unpaired) electrons. The van der Waals surface area contributed by atoms with E-state index in [9.17, 15) is 9.59 Å². The van der Waals surface area contributed by atoms with Gasteiger partial charge in [-0.25, -0.2) is 0 Å². The Balaban J connectivity index is 3.53. The molecule has 0 atom stereocenters. The molecule has 0 aromatic carbocycles. The molecule has 4 heteroatoms. The van der Waals surface area contributed by atoms with E-state index in [1.165, 1.54) is 6.26 Å². The molecular formula is C7H10O4. The highest BCUT2D eigenvalue weighted by Gasteiger charge is 2.06. The zero-order valence-electron chi connectivity index (χ0n) is 6.24. The minimum absolute atomic E-state index is 0.589. The molecule has 1 N–H and O–H groups in total.